The van der Waals surface area contributed by atoms with Crippen molar-refractivity contribution in [3.05, 3.63) is 66.5 Å². The number of aryl methyl sites for hydroxylation is 1. The average molecular weight is 511 g/mol. The third-order valence-electron chi connectivity index (χ3n) is 7.56. The molecule has 0 radical (unpaired) electrons. The van der Waals surface area contributed by atoms with Crippen LogP contribution in [0.1, 0.15) is 37.7 Å². The summed E-state index contributed by atoms with van der Waals surface area (Å²) in [6.07, 6.45) is 8.28. The first-order valence-electron chi connectivity index (χ1n) is 13.6. The maximum Gasteiger partial charge on any atom is 0.228 e. The number of pyridine rings is 1. The van der Waals surface area contributed by atoms with E-state index in [9.17, 15) is 5.11 Å². The SMILES string of the molecule is Cc1ccc2c(N[C@H]3CCC[C@@H]3O)cccc2c1Oc1ncccc1-c1ccnc(NC2CCCNC2)n1. The predicted octanol–water partition coefficient (Wildman–Crippen LogP) is 5.28. The number of fused-ring (bicyclic) bond motifs is 1. The average Bonchev–Trinajstić information content (AvgIpc) is 3.35. The van der Waals surface area contributed by atoms with E-state index in [2.05, 4.69) is 50.2 Å². The summed E-state index contributed by atoms with van der Waals surface area (Å²) in [6.45, 7) is 4.01. The minimum absolute atomic E-state index is 0.0682. The number of aliphatic hydroxyl groups excluding tert-OH is 1. The number of aromatic nitrogens is 3. The Balaban J connectivity index is 1.32. The van der Waals surface area contributed by atoms with Gasteiger partial charge in [-0.3, -0.25) is 0 Å². The highest BCUT2D eigenvalue weighted by molar-refractivity contribution is 5.98. The van der Waals surface area contributed by atoms with E-state index in [1.54, 1.807) is 12.4 Å². The summed E-state index contributed by atoms with van der Waals surface area (Å²) < 4.78 is 6.56. The molecular formula is C30H34N6O2. The summed E-state index contributed by atoms with van der Waals surface area (Å²) in [7, 11) is 0. The fourth-order valence-electron chi connectivity index (χ4n) is 5.51. The molecule has 2 aromatic heterocycles. The van der Waals surface area contributed by atoms with Crippen molar-refractivity contribution in [2.45, 2.75) is 57.2 Å². The molecule has 3 atom stereocenters. The molecule has 4 N–H and O–H groups in total. The van der Waals surface area contributed by atoms with Crippen molar-refractivity contribution in [1.29, 1.82) is 0 Å². The molecule has 4 aromatic rings. The van der Waals surface area contributed by atoms with Gasteiger partial charge in [-0.2, -0.15) is 0 Å². The Morgan fingerprint density at radius 3 is 2.71 bits per heavy atom. The van der Waals surface area contributed by atoms with Crippen molar-refractivity contribution in [2.24, 2.45) is 0 Å². The number of aliphatic hydroxyl groups is 1. The summed E-state index contributed by atoms with van der Waals surface area (Å²) >= 11 is 0. The molecule has 2 aliphatic rings. The highest BCUT2D eigenvalue weighted by Gasteiger charge is 2.25. The zero-order valence-electron chi connectivity index (χ0n) is 21.7. The van der Waals surface area contributed by atoms with Crippen molar-refractivity contribution >= 4 is 22.4 Å². The van der Waals surface area contributed by atoms with E-state index in [0.717, 1.165) is 84.2 Å². The van der Waals surface area contributed by atoms with E-state index in [4.69, 9.17) is 9.72 Å². The van der Waals surface area contributed by atoms with Gasteiger partial charge in [-0.15, -0.1) is 0 Å². The molecule has 196 valence electrons. The molecule has 0 bridgehead atoms. The molecule has 1 saturated carbocycles. The molecule has 1 aliphatic carbocycles. The van der Waals surface area contributed by atoms with Crippen LogP contribution in [0.15, 0.2) is 60.9 Å². The number of hydrogen-bond acceptors (Lipinski definition) is 8. The second kappa shape index (κ2) is 10.9. The van der Waals surface area contributed by atoms with Gasteiger partial charge in [0.1, 0.15) is 5.75 Å². The highest BCUT2D eigenvalue weighted by Crippen LogP contribution is 2.39. The Hall–Kier alpha value is -3.75. The van der Waals surface area contributed by atoms with Crippen LogP contribution in [0.3, 0.4) is 0 Å². The van der Waals surface area contributed by atoms with Gasteiger partial charge in [0.25, 0.3) is 0 Å². The number of rotatable bonds is 7. The van der Waals surface area contributed by atoms with Crippen molar-refractivity contribution in [2.75, 3.05) is 23.7 Å². The van der Waals surface area contributed by atoms with Crippen molar-refractivity contribution in [3.63, 3.8) is 0 Å². The lowest BCUT2D eigenvalue weighted by atomic mass is 10.0. The molecule has 1 unspecified atom stereocenters. The molecule has 8 heteroatoms. The fourth-order valence-corrected chi connectivity index (χ4v) is 5.51. The molecule has 1 saturated heterocycles. The summed E-state index contributed by atoms with van der Waals surface area (Å²) in [6, 6.07) is 16.5. The Morgan fingerprint density at radius 1 is 0.921 bits per heavy atom. The van der Waals surface area contributed by atoms with E-state index >= 15 is 0 Å². The van der Waals surface area contributed by atoms with E-state index < -0.39 is 0 Å². The van der Waals surface area contributed by atoms with Gasteiger partial charge in [-0.25, -0.2) is 15.0 Å². The minimum atomic E-state index is -0.316. The lowest BCUT2D eigenvalue weighted by Crippen LogP contribution is -2.38. The van der Waals surface area contributed by atoms with Crippen LogP contribution < -0.4 is 20.7 Å². The van der Waals surface area contributed by atoms with E-state index in [-0.39, 0.29) is 12.1 Å². The van der Waals surface area contributed by atoms with Crippen LogP contribution in [0.25, 0.3) is 22.0 Å². The van der Waals surface area contributed by atoms with Gasteiger partial charge in [0.15, 0.2) is 0 Å². The molecular weight excluding hydrogens is 476 g/mol. The minimum Gasteiger partial charge on any atom is -0.437 e. The molecule has 6 rings (SSSR count). The van der Waals surface area contributed by atoms with Crippen LogP contribution in [-0.4, -0.2) is 51.3 Å². The van der Waals surface area contributed by atoms with E-state index in [1.165, 1.54) is 0 Å². The molecule has 0 amide bonds. The highest BCUT2D eigenvalue weighted by atomic mass is 16.5. The van der Waals surface area contributed by atoms with E-state index in [0.29, 0.717) is 17.9 Å². The van der Waals surface area contributed by atoms with Crippen LogP contribution >= 0.6 is 0 Å². The van der Waals surface area contributed by atoms with Gasteiger partial charge < -0.3 is 25.8 Å². The topological polar surface area (TPSA) is 104 Å². The first-order chi connectivity index (χ1) is 18.7. The number of piperidine rings is 1. The lowest BCUT2D eigenvalue weighted by Gasteiger charge is -2.23. The Labute approximate surface area is 222 Å². The standard InChI is InChI=1S/C30H34N6O2/c1-19-12-13-21-22(7-2-9-24(21)35-26-10-3-11-27(26)37)28(19)38-29-23(8-5-16-32-29)25-14-17-33-30(36-25)34-20-6-4-15-31-18-20/h2,5,7-9,12-14,16-17,20,26-27,31,35,37H,3-4,6,10-11,15,18H2,1H3,(H,33,34,36)/t20?,26-,27-/m0/s1. The van der Waals surface area contributed by atoms with Gasteiger partial charge in [0.2, 0.25) is 11.8 Å². The van der Waals surface area contributed by atoms with Gasteiger partial charge in [-0.1, -0.05) is 24.3 Å². The van der Waals surface area contributed by atoms with Gasteiger partial charge in [0, 0.05) is 41.4 Å². The van der Waals surface area contributed by atoms with E-state index in [1.807, 2.05) is 31.2 Å². The summed E-state index contributed by atoms with van der Waals surface area (Å²) in [5, 5.41) is 22.9. The van der Waals surface area contributed by atoms with Crippen molar-refractivity contribution in [3.8, 4) is 22.9 Å². The summed E-state index contributed by atoms with van der Waals surface area (Å²) in [4.78, 5) is 13.8. The first-order valence-corrected chi connectivity index (χ1v) is 13.6. The fraction of sp³-hybridized carbons (Fsp3) is 0.367. The lowest BCUT2D eigenvalue weighted by molar-refractivity contribution is 0.172. The largest absolute Gasteiger partial charge is 0.437 e. The maximum absolute atomic E-state index is 10.4. The molecule has 2 fully saturated rings. The second-order valence-electron chi connectivity index (χ2n) is 10.3. The van der Waals surface area contributed by atoms with Crippen LogP contribution in [0.4, 0.5) is 11.6 Å². The number of nitrogens with zero attached hydrogens (tertiary/aromatic N) is 3. The van der Waals surface area contributed by atoms with Gasteiger partial charge in [-0.05, 0) is 75.4 Å². The monoisotopic (exact) mass is 510 g/mol. The maximum atomic E-state index is 10.4. The van der Waals surface area contributed by atoms with Crippen LogP contribution in [0, 0.1) is 6.92 Å². The number of anilines is 2. The molecule has 2 aromatic carbocycles. The molecule has 8 nitrogen and oxygen atoms in total. The summed E-state index contributed by atoms with van der Waals surface area (Å²) in [5.74, 6) is 1.87. The zero-order valence-corrected chi connectivity index (χ0v) is 21.7. The normalized spacial score (nSPS) is 21.4. The number of nitrogens with one attached hydrogen (secondary N) is 3. The van der Waals surface area contributed by atoms with Crippen LogP contribution in [-0.2, 0) is 0 Å². The Bertz CT molecular complexity index is 1420. The predicted molar refractivity (Wildman–Crippen MR) is 151 cm³/mol. The molecule has 3 heterocycles. The van der Waals surface area contributed by atoms with Crippen LogP contribution in [0.5, 0.6) is 11.6 Å². The number of benzene rings is 2. The molecule has 38 heavy (non-hydrogen) atoms. The van der Waals surface area contributed by atoms with Crippen LogP contribution in [0.2, 0.25) is 0 Å². The second-order valence-corrected chi connectivity index (χ2v) is 10.3. The smallest absolute Gasteiger partial charge is 0.228 e. The molecule has 0 spiro atoms. The number of hydrogen-bond donors (Lipinski definition) is 4. The van der Waals surface area contributed by atoms with Gasteiger partial charge in [0.05, 0.1) is 23.4 Å². The Kier molecular flexibility index (Phi) is 7.07. The first kappa shape index (κ1) is 24.6. The van der Waals surface area contributed by atoms with Gasteiger partial charge >= 0.3 is 0 Å². The summed E-state index contributed by atoms with van der Waals surface area (Å²) in [5.41, 5.74) is 3.58. The zero-order chi connectivity index (χ0) is 25.9. The third kappa shape index (κ3) is 5.14. The molecule has 1 aliphatic heterocycles. The quantitative estimate of drug-likeness (QED) is 0.266. The Morgan fingerprint density at radius 2 is 1.87 bits per heavy atom. The third-order valence-corrected chi connectivity index (χ3v) is 7.56. The number of ether oxygens (including phenoxy) is 1. The van der Waals surface area contributed by atoms with Crippen molar-refractivity contribution < 1.29 is 9.84 Å². The van der Waals surface area contributed by atoms with Crippen molar-refractivity contribution in [1.82, 2.24) is 20.3 Å².